The molecule has 2 N–H and O–H groups in total. The van der Waals surface area contributed by atoms with Crippen LogP contribution in [0.1, 0.15) is 13.3 Å². The van der Waals surface area contributed by atoms with Crippen LogP contribution in [0.2, 0.25) is 0 Å². The highest BCUT2D eigenvalue weighted by atomic mass is 35.5. The maximum Gasteiger partial charge on any atom is 0.0882 e. The van der Waals surface area contributed by atoms with E-state index >= 15 is 0 Å². The molecule has 0 aliphatic carbocycles. The van der Waals surface area contributed by atoms with E-state index in [1.165, 1.54) is 0 Å². The Morgan fingerprint density at radius 1 is 1.57 bits per heavy atom. The molecule has 0 heterocycles. The van der Waals surface area contributed by atoms with Crippen molar-refractivity contribution in [2.24, 2.45) is 0 Å². The van der Waals surface area contributed by atoms with Gasteiger partial charge in [-0.25, -0.2) is 0 Å². The summed E-state index contributed by atoms with van der Waals surface area (Å²) in [4.78, 5) is 0. The summed E-state index contributed by atoms with van der Waals surface area (Å²) >= 11 is 0. The number of quaternary nitrogens is 1. The summed E-state index contributed by atoms with van der Waals surface area (Å²) in [5.74, 6) is 0. The number of hydrogen-bond donors (Lipinski definition) is 1. The SMILES string of the molecule is CCC=C[NH2+]C.[Cl-]. The molecule has 0 saturated heterocycles. The van der Waals surface area contributed by atoms with Gasteiger partial charge in [-0.15, -0.1) is 0 Å². The van der Waals surface area contributed by atoms with Crippen LogP contribution in [-0.4, -0.2) is 7.05 Å². The van der Waals surface area contributed by atoms with Gasteiger partial charge in [-0.05, 0) is 12.5 Å². The van der Waals surface area contributed by atoms with Crippen molar-refractivity contribution in [3.63, 3.8) is 0 Å². The van der Waals surface area contributed by atoms with Crippen molar-refractivity contribution in [1.82, 2.24) is 0 Å². The third kappa shape index (κ3) is 10.7. The highest BCUT2D eigenvalue weighted by molar-refractivity contribution is 4.66. The molecule has 44 valence electrons. The van der Waals surface area contributed by atoms with Crippen molar-refractivity contribution in [2.45, 2.75) is 13.3 Å². The van der Waals surface area contributed by atoms with Crippen molar-refractivity contribution in [2.75, 3.05) is 7.05 Å². The molecule has 0 aliphatic heterocycles. The Bertz CT molecular complexity index is 37.3. The van der Waals surface area contributed by atoms with Crippen LogP contribution in [0.4, 0.5) is 0 Å². The molecule has 2 heteroatoms. The molecule has 0 aromatic heterocycles. The predicted molar refractivity (Wildman–Crippen MR) is 27.3 cm³/mol. The van der Waals surface area contributed by atoms with Crippen LogP contribution < -0.4 is 17.7 Å². The van der Waals surface area contributed by atoms with Gasteiger partial charge in [0.25, 0.3) is 0 Å². The van der Waals surface area contributed by atoms with Gasteiger partial charge < -0.3 is 17.7 Å². The van der Waals surface area contributed by atoms with Crippen LogP contribution in [0.5, 0.6) is 0 Å². The molecule has 0 spiro atoms. The highest BCUT2D eigenvalue weighted by Crippen LogP contribution is 1.69. The minimum Gasteiger partial charge on any atom is -1.00 e. The molecule has 0 aliphatic rings. The summed E-state index contributed by atoms with van der Waals surface area (Å²) in [5.41, 5.74) is 0. The standard InChI is InChI=1S/C5H11N.ClH/c1-3-4-5-6-2;/h4-6H,3H2,1-2H3;1H. The lowest BCUT2D eigenvalue weighted by Gasteiger charge is -1.73. The topological polar surface area (TPSA) is 16.6 Å². The first-order valence-electron chi connectivity index (χ1n) is 2.36. The van der Waals surface area contributed by atoms with Crippen LogP contribution in [0.15, 0.2) is 12.3 Å². The monoisotopic (exact) mass is 121 g/mol. The van der Waals surface area contributed by atoms with E-state index < -0.39 is 0 Å². The Balaban J connectivity index is 0. The fraction of sp³-hybridized carbons (Fsp3) is 0.600. The summed E-state index contributed by atoms with van der Waals surface area (Å²) in [6.45, 7) is 2.12. The number of rotatable bonds is 2. The molecule has 0 radical (unpaired) electrons. The largest absolute Gasteiger partial charge is 1.00 e. The lowest BCUT2D eigenvalue weighted by Crippen LogP contribution is -3.00. The van der Waals surface area contributed by atoms with Gasteiger partial charge in [0.1, 0.15) is 0 Å². The molecule has 0 aromatic carbocycles. The van der Waals surface area contributed by atoms with Gasteiger partial charge in [-0.3, -0.25) is 0 Å². The normalized spacial score (nSPS) is 8.86. The van der Waals surface area contributed by atoms with Crippen molar-refractivity contribution in [3.8, 4) is 0 Å². The first kappa shape index (κ1) is 10.1. The van der Waals surface area contributed by atoms with E-state index in [1.807, 2.05) is 12.4 Å². The van der Waals surface area contributed by atoms with Crippen molar-refractivity contribution in [3.05, 3.63) is 12.3 Å². The molecule has 1 nitrogen and oxygen atoms in total. The third-order valence-electron chi connectivity index (χ3n) is 0.564. The third-order valence-corrected chi connectivity index (χ3v) is 0.564. The molecule has 0 bridgehead atoms. The Morgan fingerprint density at radius 2 is 2.14 bits per heavy atom. The van der Waals surface area contributed by atoms with E-state index in [0.29, 0.717) is 0 Å². The highest BCUT2D eigenvalue weighted by Gasteiger charge is 1.61. The Labute approximate surface area is 51.2 Å². The van der Waals surface area contributed by atoms with Gasteiger partial charge in [0, 0.05) is 0 Å². The Kier molecular flexibility index (Phi) is 13.5. The maximum atomic E-state index is 2.12. The number of allylic oxidation sites excluding steroid dienone is 1. The van der Waals surface area contributed by atoms with Gasteiger partial charge >= 0.3 is 0 Å². The van der Waals surface area contributed by atoms with Crippen LogP contribution in [-0.2, 0) is 0 Å². The Morgan fingerprint density at radius 3 is 2.29 bits per heavy atom. The molecular formula is C5H12ClN. The van der Waals surface area contributed by atoms with E-state index in [1.54, 1.807) is 0 Å². The Hall–Kier alpha value is -0.0100. The van der Waals surface area contributed by atoms with Gasteiger partial charge in [0.05, 0.1) is 13.2 Å². The summed E-state index contributed by atoms with van der Waals surface area (Å²) in [6, 6.07) is 0. The molecule has 0 rings (SSSR count). The average Bonchev–Trinajstić information content (AvgIpc) is 1.61. The first-order chi connectivity index (χ1) is 2.91. The first-order valence-corrected chi connectivity index (χ1v) is 2.36. The second-order valence-electron chi connectivity index (χ2n) is 1.17. The molecule has 7 heavy (non-hydrogen) atoms. The van der Waals surface area contributed by atoms with Crippen LogP contribution in [0.25, 0.3) is 0 Å². The number of halogens is 1. The summed E-state index contributed by atoms with van der Waals surface area (Å²) < 4.78 is 0. The molecular weight excluding hydrogens is 110 g/mol. The van der Waals surface area contributed by atoms with Gasteiger partial charge in [0.15, 0.2) is 0 Å². The van der Waals surface area contributed by atoms with Crippen molar-refractivity contribution >= 4 is 0 Å². The van der Waals surface area contributed by atoms with Crippen LogP contribution in [0, 0.1) is 0 Å². The zero-order valence-corrected chi connectivity index (χ0v) is 5.57. The molecule has 0 fully saturated rings. The fourth-order valence-corrected chi connectivity index (χ4v) is 0.272. The summed E-state index contributed by atoms with van der Waals surface area (Å²) in [6.07, 6.45) is 5.32. The average molecular weight is 122 g/mol. The van der Waals surface area contributed by atoms with Gasteiger partial charge in [-0.1, -0.05) is 6.92 Å². The zero-order chi connectivity index (χ0) is 4.83. The number of hydrogen-bond acceptors (Lipinski definition) is 0. The summed E-state index contributed by atoms with van der Waals surface area (Å²) in [5, 5.41) is 2.03. The molecule has 0 saturated carbocycles. The predicted octanol–water partition coefficient (Wildman–Crippen LogP) is -2.89. The number of nitrogens with two attached hydrogens (primary N) is 1. The lowest BCUT2D eigenvalue weighted by atomic mass is 10.5. The van der Waals surface area contributed by atoms with E-state index in [9.17, 15) is 0 Å². The van der Waals surface area contributed by atoms with E-state index in [4.69, 9.17) is 0 Å². The van der Waals surface area contributed by atoms with Gasteiger partial charge in [0.2, 0.25) is 0 Å². The van der Waals surface area contributed by atoms with Crippen molar-refractivity contribution in [1.29, 1.82) is 0 Å². The fourth-order valence-electron chi connectivity index (χ4n) is 0.272. The zero-order valence-electron chi connectivity index (χ0n) is 4.82. The smallest absolute Gasteiger partial charge is 0.0882 e. The van der Waals surface area contributed by atoms with E-state index in [-0.39, 0.29) is 12.4 Å². The van der Waals surface area contributed by atoms with Crippen LogP contribution >= 0.6 is 0 Å². The summed E-state index contributed by atoms with van der Waals surface area (Å²) in [7, 11) is 2.02. The molecule has 0 atom stereocenters. The lowest BCUT2D eigenvalue weighted by molar-refractivity contribution is -0.556. The second kappa shape index (κ2) is 9.37. The van der Waals surface area contributed by atoms with Crippen LogP contribution in [0.3, 0.4) is 0 Å². The molecule has 0 unspecified atom stereocenters. The minimum atomic E-state index is 0. The van der Waals surface area contributed by atoms with Crippen molar-refractivity contribution < 1.29 is 17.7 Å². The maximum absolute atomic E-state index is 2.12. The van der Waals surface area contributed by atoms with Gasteiger partial charge in [-0.2, -0.15) is 0 Å². The quantitative estimate of drug-likeness (QED) is 0.404. The second-order valence-corrected chi connectivity index (χ2v) is 1.17. The molecule has 0 amide bonds. The van der Waals surface area contributed by atoms with E-state index in [2.05, 4.69) is 19.2 Å². The van der Waals surface area contributed by atoms with E-state index in [0.717, 1.165) is 6.42 Å². The minimum absolute atomic E-state index is 0. The molecule has 0 aromatic rings.